The predicted octanol–water partition coefficient (Wildman–Crippen LogP) is 4.02. The number of aromatic nitrogens is 3. The molecule has 0 fully saturated rings. The van der Waals surface area contributed by atoms with Crippen LogP contribution >= 0.6 is 27.7 Å². The first-order valence-electron chi connectivity index (χ1n) is 5.54. The summed E-state index contributed by atoms with van der Waals surface area (Å²) in [6, 6.07) is 10.1. The molecule has 3 nitrogen and oxygen atoms in total. The molecule has 0 atom stereocenters. The molecule has 0 aliphatic rings. The average Bonchev–Trinajstić information content (AvgIpc) is 2.76. The van der Waals surface area contributed by atoms with Gasteiger partial charge in [0, 0.05) is 5.56 Å². The molecule has 3 aromatic rings. The normalized spacial score (nSPS) is 11.1. The standard InChI is InChI=1S/C13H9BrFN3S/c1-19-11-7-6-10-16-12(13(14)18(10)17-11)8-2-4-9(15)5-3-8/h2-7H,1H3. The summed E-state index contributed by atoms with van der Waals surface area (Å²) in [6.45, 7) is 0. The second-order valence-electron chi connectivity index (χ2n) is 3.90. The van der Waals surface area contributed by atoms with Crippen molar-refractivity contribution in [2.75, 3.05) is 6.26 Å². The number of hydrogen-bond donors (Lipinski definition) is 0. The lowest BCUT2D eigenvalue weighted by Crippen LogP contribution is -1.92. The number of benzene rings is 1. The van der Waals surface area contributed by atoms with Crippen molar-refractivity contribution in [2.24, 2.45) is 0 Å². The van der Waals surface area contributed by atoms with Crippen LogP contribution in [0, 0.1) is 5.82 Å². The van der Waals surface area contributed by atoms with Gasteiger partial charge < -0.3 is 0 Å². The first-order chi connectivity index (χ1) is 9.19. The number of halogens is 2. The van der Waals surface area contributed by atoms with Crippen LogP contribution in [0.15, 0.2) is 46.0 Å². The quantitative estimate of drug-likeness (QED) is 0.661. The van der Waals surface area contributed by atoms with Gasteiger partial charge in [0.2, 0.25) is 0 Å². The lowest BCUT2D eigenvalue weighted by Gasteiger charge is -1.98. The lowest BCUT2D eigenvalue weighted by molar-refractivity contribution is 0.628. The van der Waals surface area contributed by atoms with Crippen molar-refractivity contribution < 1.29 is 4.39 Å². The number of nitrogens with zero attached hydrogens (tertiary/aromatic N) is 3. The minimum absolute atomic E-state index is 0.258. The average molecular weight is 338 g/mol. The van der Waals surface area contributed by atoms with Gasteiger partial charge >= 0.3 is 0 Å². The number of rotatable bonds is 2. The molecule has 2 heterocycles. The van der Waals surface area contributed by atoms with Crippen LogP contribution in [0.3, 0.4) is 0 Å². The highest BCUT2D eigenvalue weighted by Crippen LogP contribution is 2.29. The molecule has 0 aliphatic heterocycles. The SMILES string of the molecule is CSc1ccc2nc(-c3ccc(F)cc3)c(Br)n2n1. The molecule has 0 N–H and O–H groups in total. The van der Waals surface area contributed by atoms with E-state index in [0.29, 0.717) is 0 Å². The Bertz CT molecular complexity index is 739. The van der Waals surface area contributed by atoms with Gasteiger partial charge in [-0.05, 0) is 58.6 Å². The molecule has 96 valence electrons. The maximum absolute atomic E-state index is 13.0. The van der Waals surface area contributed by atoms with Gasteiger partial charge in [-0.25, -0.2) is 13.9 Å². The summed E-state index contributed by atoms with van der Waals surface area (Å²) in [7, 11) is 0. The molecule has 1 aromatic carbocycles. The summed E-state index contributed by atoms with van der Waals surface area (Å²) in [4.78, 5) is 4.51. The molecule has 2 aromatic heterocycles. The van der Waals surface area contributed by atoms with Crippen LogP contribution in [-0.2, 0) is 0 Å². The molecule has 0 aliphatic carbocycles. The highest BCUT2D eigenvalue weighted by Gasteiger charge is 2.13. The Hall–Kier alpha value is -1.40. The minimum atomic E-state index is -0.258. The summed E-state index contributed by atoms with van der Waals surface area (Å²) in [5, 5.41) is 5.37. The predicted molar refractivity (Wildman–Crippen MR) is 77.9 cm³/mol. The molecule has 3 rings (SSSR count). The zero-order valence-corrected chi connectivity index (χ0v) is 12.4. The fourth-order valence-corrected chi connectivity index (χ4v) is 2.74. The van der Waals surface area contributed by atoms with Gasteiger partial charge in [-0.15, -0.1) is 11.8 Å². The Balaban J connectivity index is 2.19. The van der Waals surface area contributed by atoms with Crippen molar-refractivity contribution in [1.29, 1.82) is 0 Å². The van der Waals surface area contributed by atoms with E-state index in [2.05, 4.69) is 26.0 Å². The fourth-order valence-electron chi connectivity index (χ4n) is 1.79. The maximum atomic E-state index is 13.0. The molecule has 0 radical (unpaired) electrons. The third-order valence-electron chi connectivity index (χ3n) is 2.73. The molecule has 0 saturated heterocycles. The number of thioether (sulfide) groups is 1. The molecule has 0 saturated carbocycles. The number of hydrogen-bond acceptors (Lipinski definition) is 3. The van der Waals surface area contributed by atoms with Crippen LogP contribution < -0.4 is 0 Å². The molecule has 0 bridgehead atoms. The minimum Gasteiger partial charge on any atom is -0.226 e. The molecule has 19 heavy (non-hydrogen) atoms. The molecule has 6 heteroatoms. The Kier molecular flexibility index (Phi) is 3.28. The summed E-state index contributed by atoms with van der Waals surface area (Å²) in [5.74, 6) is -0.258. The molecule has 0 spiro atoms. The van der Waals surface area contributed by atoms with Crippen molar-refractivity contribution in [3.63, 3.8) is 0 Å². The van der Waals surface area contributed by atoms with E-state index in [9.17, 15) is 4.39 Å². The molecular weight excluding hydrogens is 329 g/mol. The van der Waals surface area contributed by atoms with Gasteiger partial charge in [0.1, 0.15) is 21.1 Å². The molecular formula is C13H9BrFN3S. The van der Waals surface area contributed by atoms with Gasteiger partial charge in [0.25, 0.3) is 0 Å². The van der Waals surface area contributed by atoms with E-state index in [0.717, 1.165) is 26.5 Å². The van der Waals surface area contributed by atoms with E-state index >= 15 is 0 Å². The van der Waals surface area contributed by atoms with Crippen LogP contribution in [0.4, 0.5) is 4.39 Å². The van der Waals surface area contributed by atoms with Gasteiger partial charge in [0.15, 0.2) is 5.65 Å². The van der Waals surface area contributed by atoms with Crippen molar-refractivity contribution >= 4 is 33.3 Å². The Labute approximate surface area is 122 Å². The van der Waals surface area contributed by atoms with E-state index in [-0.39, 0.29) is 5.82 Å². The first kappa shape index (κ1) is 12.6. The topological polar surface area (TPSA) is 30.2 Å². The Morgan fingerprint density at radius 2 is 1.89 bits per heavy atom. The summed E-state index contributed by atoms with van der Waals surface area (Å²) in [6.07, 6.45) is 1.97. The summed E-state index contributed by atoms with van der Waals surface area (Å²) < 4.78 is 15.5. The van der Waals surface area contributed by atoms with Crippen molar-refractivity contribution in [1.82, 2.24) is 14.6 Å². The maximum Gasteiger partial charge on any atom is 0.155 e. The Morgan fingerprint density at radius 3 is 2.58 bits per heavy atom. The summed E-state index contributed by atoms with van der Waals surface area (Å²) >= 11 is 5.07. The van der Waals surface area contributed by atoms with E-state index < -0.39 is 0 Å². The zero-order chi connectivity index (χ0) is 13.4. The highest BCUT2D eigenvalue weighted by atomic mass is 79.9. The van der Waals surface area contributed by atoms with Crippen molar-refractivity contribution in [2.45, 2.75) is 5.03 Å². The van der Waals surface area contributed by atoms with Gasteiger partial charge in [-0.3, -0.25) is 0 Å². The monoisotopic (exact) mass is 337 g/mol. The fraction of sp³-hybridized carbons (Fsp3) is 0.0769. The lowest BCUT2D eigenvalue weighted by atomic mass is 10.2. The van der Waals surface area contributed by atoms with Crippen LogP contribution in [0.1, 0.15) is 0 Å². The van der Waals surface area contributed by atoms with E-state index in [4.69, 9.17) is 0 Å². The van der Waals surface area contributed by atoms with Crippen molar-refractivity contribution in [3.05, 3.63) is 46.8 Å². The van der Waals surface area contributed by atoms with E-state index in [1.807, 2.05) is 18.4 Å². The third-order valence-corrected chi connectivity index (χ3v) is 4.07. The number of imidazole rings is 1. The van der Waals surface area contributed by atoms with E-state index in [1.54, 1.807) is 28.4 Å². The molecule has 0 unspecified atom stereocenters. The van der Waals surface area contributed by atoms with Crippen LogP contribution in [-0.4, -0.2) is 20.9 Å². The highest BCUT2D eigenvalue weighted by molar-refractivity contribution is 9.10. The van der Waals surface area contributed by atoms with E-state index in [1.165, 1.54) is 12.1 Å². The largest absolute Gasteiger partial charge is 0.226 e. The molecule has 0 amide bonds. The van der Waals surface area contributed by atoms with Crippen LogP contribution in [0.25, 0.3) is 16.9 Å². The zero-order valence-electron chi connectivity index (χ0n) is 9.97. The van der Waals surface area contributed by atoms with Crippen LogP contribution in [0.2, 0.25) is 0 Å². The van der Waals surface area contributed by atoms with Crippen molar-refractivity contribution in [3.8, 4) is 11.3 Å². The van der Waals surface area contributed by atoms with Gasteiger partial charge in [-0.2, -0.15) is 5.10 Å². The van der Waals surface area contributed by atoms with Crippen LogP contribution in [0.5, 0.6) is 0 Å². The first-order valence-corrected chi connectivity index (χ1v) is 7.56. The summed E-state index contributed by atoms with van der Waals surface area (Å²) in [5.41, 5.74) is 2.36. The second kappa shape index (κ2) is 4.94. The third kappa shape index (κ3) is 2.26. The second-order valence-corrected chi connectivity index (χ2v) is 5.48. The Morgan fingerprint density at radius 1 is 1.16 bits per heavy atom. The van der Waals surface area contributed by atoms with Gasteiger partial charge in [0.05, 0.1) is 0 Å². The smallest absolute Gasteiger partial charge is 0.155 e. The van der Waals surface area contributed by atoms with Gasteiger partial charge in [-0.1, -0.05) is 0 Å². The number of fused-ring (bicyclic) bond motifs is 1.